The number of carbonyl (C=O) groups excluding carboxylic acids is 1. The molecule has 2 heterocycles. The van der Waals surface area contributed by atoms with E-state index in [2.05, 4.69) is 34.2 Å². The van der Waals surface area contributed by atoms with Gasteiger partial charge in [0, 0.05) is 31.5 Å². The summed E-state index contributed by atoms with van der Waals surface area (Å²) < 4.78 is 5.84. The molecule has 2 aromatic carbocycles. The first kappa shape index (κ1) is 21.7. The maximum Gasteiger partial charge on any atom is 0.273 e. The lowest BCUT2D eigenvalue weighted by molar-refractivity contribution is -0.132. The van der Waals surface area contributed by atoms with Gasteiger partial charge in [-0.3, -0.25) is 9.59 Å². The lowest BCUT2D eigenvalue weighted by atomic mass is 9.99. The number of aryl methyl sites for hydroxylation is 1. The van der Waals surface area contributed by atoms with Crippen molar-refractivity contribution in [3.05, 3.63) is 75.7 Å². The molecular weight excluding hydrogens is 404 g/mol. The maximum absolute atomic E-state index is 12.7. The first-order valence-electron chi connectivity index (χ1n) is 11.1. The van der Waals surface area contributed by atoms with Crippen LogP contribution in [0.15, 0.2) is 53.3 Å². The van der Waals surface area contributed by atoms with Crippen LogP contribution in [0.1, 0.15) is 43.5 Å². The van der Waals surface area contributed by atoms with E-state index in [-0.39, 0.29) is 36.1 Å². The fraction of sp³-hybridized carbons (Fsp3) is 0.360. The van der Waals surface area contributed by atoms with Gasteiger partial charge in [-0.1, -0.05) is 43.3 Å². The van der Waals surface area contributed by atoms with Gasteiger partial charge in [0.25, 0.3) is 5.56 Å². The molecule has 32 heavy (non-hydrogen) atoms. The summed E-state index contributed by atoms with van der Waals surface area (Å²) in [5, 5.41) is 8.29. The largest absolute Gasteiger partial charge is 0.491 e. The predicted octanol–water partition coefficient (Wildman–Crippen LogP) is 3.53. The molecule has 0 unspecified atom stereocenters. The number of hydrogen-bond donors (Lipinski definition) is 1. The van der Waals surface area contributed by atoms with Crippen LogP contribution >= 0.6 is 0 Å². The average molecular weight is 433 g/mol. The van der Waals surface area contributed by atoms with E-state index in [1.807, 2.05) is 48.2 Å². The number of nitrogens with one attached hydrogen (secondary N) is 1. The summed E-state index contributed by atoms with van der Waals surface area (Å²) in [6, 6.07) is 15.6. The van der Waals surface area contributed by atoms with E-state index >= 15 is 0 Å². The molecule has 0 spiro atoms. The van der Waals surface area contributed by atoms with Crippen molar-refractivity contribution in [3.8, 4) is 17.1 Å². The average Bonchev–Trinajstić information content (AvgIpc) is 2.82. The van der Waals surface area contributed by atoms with Crippen molar-refractivity contribution in [1.82, 2.24) is 20.1 Å². The van der Waals surface area contributed by atoms with Crippen LogP contribution in [0.2, 0.25) is 0 Å². The molecule has 7 nitrogen and oxygen atoms in total. The molecule has 1 aromatic heterocycles. The topological polar surface area (TPSA) is 88.2 Å². The van der Waals surface area contributed by atoms with Gasteiger partial charge in [-0.15, -0.1) is 10.2 Å². The number of carbonyl (C=O) groups is 1. The second-order valence-corrected chi connectivity index (χ2v) is 8.15. The van der Waals surface area contributed by atoms with Crippen LogP contribution in [-0.2, 0) is 24.2 Å². The highest BCUT2D eigenvalue weighted by Crippen LogP contribution is 2.22. The van der Waals surface area contributed by atoms with Gasteiger partial charge in [0.05, 0.1) is 6.10 Å². The lowest BCUT2D eigenvalue weighted by Crippen LogP contribution is -2.36. The smallest absolute Gasteiger partial charge is 0.273 e. The van der Waals surface area contributed by atoms with Crippen molar-refractivity contribution in [1.29, 1.82) is 0 Å². The molecule has 166 valence electrons. The molecule has 0 saturated heterocycles. The molecule has 7 heteroatoms. The third kappa shape index (κ3) is 5.04. The summed E-state index contributed by atoms with van der Waals surface area (Å²) in [4.78, 5) is 29.9. The Hall–Kier alpha value is -3.48. The van der Waals surface area contributed by atoms with Crippen molar-refractivity contribution in [2.45, 2.75) is 52.2 Å². The zero-order valence-corrected chi connectivity index (χ0v) is 18.5. The number of aromatic amines is 1. The summed E-state index contributed by atoms with van der Waals surface area (Å²) in [5.41, 5.74) is 3.17. The van der Waals surface area contributed by atoms with Crippen LogP contribution in [0.4, 0.5) is 0 Å². The van der Waals surface area contributed by atoms with Crippen molar-refractivity contribution in [2.75, 3.05) is 6.54 Å². The van der Waals surface area contributed by atoms with E-state index in [0.29, 0.717) is 18.9 Å². The van der Waals surface area contributed by atoms with Gasteiger partial charge in [-0.2, -0.15) is 0 Å². The fourth-order valence-electron chi connectivity index (χ4n) is 3.78. The Morgan fingerprint density at radius 1 is 1.16 bits per heavy atom. The third-order valence-electron chi connectivity index (χ3n) is 5.84. The molecule has 1 aliphatic rings. The minimum atomic E-state index is -0.319. The van der Waals surface area contributed by atoms with Gasteiger partial charge < -0.3 is 14.6 Å². The molecule has 3 aromatic rings. The molecular formula is C25H28N4O3. The van der Waals surface area contributed by atoms with Crippen LogP contribution in [0.5, 0.6) is 5.75 Å². The summed E-state index contributed by atoms with van der Waals surface area (Å²) in [7, 11) is 0. The minimum absolute atomic E-state index is 0.0275. The maximum atomic E-state index is 12.7. The number of H-pyrrole nitrogens is 1. The molecule has 0 saturated carbocycles. The second kappa shape index (κ2) is 9.77. The molecule has 0 radical (unpaired) electrons. The van der Waals surface area contributed by atoms with Crippen LogP contribution in [0.3, 0.4) is 0 Å². The monoisotopic (exact) mass is 432 g/mol. The number of hydrogen-bond acceptors (Lipinski definition) is 5. The van der Waals surface area contributed by atoms with Crippen LogP contribution < -0.4 is 10.3 Å². The number of amides is 1. The Bertz CT molecular complexity index is 1160. The molecule has 0 fully saturated rings. The highest BCUT2D eigenvalue weighted by Gasteiger charge is 2.20. The number of rotatable bonds is 7. The molecule has 1 N–H and O–H groups in total. The third-order valence-corrected chi connectivity index (χ3v) is 5.84. The number of nitrogens with zero attached hydrogens (tertiary/aromatic N) is 3. The van der Waals surface area contributed by atoms with Gasteiger partial charge in [0.1, 0.15) is 11.4 Å². The van der Waals surface area contributed by atoms with Gasteiger partial charge in [0.15, 0.2) is 5.82 Å². The minimum Gasteiger partial charge on any atom is -0.491 e. The SMILES string of the molecule is CC[C@@H](C)Oc1cccc(-c2nnc(CCC(=O)N3CCc4ccccc4C3)c(=O)[nH]2)c1. The quantitative estimate of drug-likeness (QED) is 0.617. The van der Waals surface area contributed by atoms with Crippen LogP contribution in [0, 0.1) is 0 Å². The summed E-state index contributed by atoms with van der Waals surface area (Å²) in [6.45, 7) is 5.38. The normalized spacial score (nSPS) is 14.0. The summed E-state index contributed by atoms with van der Waals surface area (Å²) >= 11 is 0. The van der Waals surface area contributed by atoms with E-state index in [1.54, 1.807) is 0 Å². The van der Waals surface area contributed by atoms with Crippen molar-refractivity contribution >= 4 is 5.91 Å². The predicted molar refractivity (Wildman–Crippen MR) is 122 cm³/mol. The molecule has 0 aliphatic carbocycles. The van der Waals surface area contributed by atoms with Gasteiger partial charge in [-0.05, 0) is 43.0 Å². The Kier molecular flexibility index (Phi) is 6.63. The van der Waals surface area contributed by atoms with Crippen molar-refractivity contribution < 1.29 is 9.53 Å². The molecule has 1 atom stereocenters. The Labute approximate surface area is 187 Å². The Morgan fingerprint density at radius 2 is 1.97 bits per heavy atom. The van der Waals surface area contributed by atoms with E-state index in [4.69, 9.17) is 4.74 Å². The Balaban J connectivity index is 1.39. The van der Waals surface area contributed by atoms with Crippen LogP contribution in [-0.4, -0.2) is 38.6 Å². The summed E-state index contributed by atoms with van der Waals surface area (Å²) in [5.74, 6) is 1.13. The summed E-state index contributed by atoms with van der Waals surface area (Å²) in [6.07, 6.45) is 2.35. The number of aromatic nitrogens is 3. The van der Waals surface area contributed by atoms with Crippen molar-refractivity contribution in [2.24, 2.45) is 0 Å². The molecule has 1 amide bonds. The molecule has 4 rings (SSSR count). The first-order valence-corrected chi connectivity index (χ1v) is 11.1. The van der Waals surface area contributed by atoms with Gasteiger partial charge in [-0.25, -0.2) is 0 Å². The van der Waals surface area contributed by atoms with Gasteiger partial charge >= 0.3 is 0 Å². The van der Waals surface area contributed by atoms with E-state index in [9.17, 15) is 9.59 Å². The highest BCUT2D eigenvalue weighted by atomic mass is 16.5. The second-order valence-electron chi connectivity index (χ2n) is 8.15. The van der Waals surface area contributed by atoms with E-state index in [1.165, 1.54) is 11.1 Å². The number of fused-ring (bicyclic) bond motifs is 1. The van der Waals surface area contributed by atoms with Crippen molar-refractivity contribution in [3.63, 3.8) is 0 Å². The number of ether oxygens (including phenoxy) is 1. The zero-order chi connectivity index (χ0) is 22.5. The standard InChI is InChI=1S/C25H28N4O3/c1-3-17(2)32-21-10-6-9-19(15-21)24-26-25(31)22(27-28-24)11-12-23(30)29-14-13-18-7-4-5-8-20(18)16-29/h4-10,15,17H,3,11-14,16H2,1-2H3,(H,26,28,31)/t17-/m1/s1. The van der Waals surface area contributed by atoms with Crippen LogP contribution in [0.25, 0.3) is 11.4 Å². The molecule has 1 aliphatic heterocycles. The van der Waals surface area contributed by atoms with E-state index < -0.39 is 0 Å². The Morgan fingerprint density at radius 3 is 2.75 bits per heavy atom. The first-order chi connectivity index (χ1) is 15.5. The highest BCUT2D eigenvalue weighted by molar-refractivity contribution is 5.76. The van der Waals surface area contributed by atoms with Gasteiger partial charge in [0.2, 0.25) is 5.91 Å². The van der Waals surface area contributed by atoms with E-state index in [0.717, 1.165) is 24.2 Å². The number of benzene rings is 2. The molecule has 0 bridgehead atoms. The lowest BCUT2D eigenvalue weighted by Gasteiger charge is -2.28. The fourth-order valence-corrected chi connectivity index (χ4v) is 3.78. The zero-order valence-electron chi connectivity index (χ0n) is 18.5.